The zero-order valence-corrected chi connectivity index (χ0v) is 13.2. The van der Waals surface area contributed by atoms with Gasteiger partial charge in [-0.25, -0.2) is 9.59 Å². The van der Waals surface area contributed by atoms with E-state index in [2.05, 4.69) is 26.6 Å². The summed E-state index contributed by atoms with van der Waals surface area (Å²) in [6, 6.07) is 5.86. The first-order valence-electron chi connectivity index (χ1n) is 7.12. The zero-order chi connectivity index (χ0) is 15.2. The topological polar surface area (TPSA) is 78.4 Å². The Morgan fingerprint density at radius 3 is 2.57 bits per heavy atom. The summed E-state index contributed by atoms with van der Waals surface area (Å²) in [5, 5.41) is 14.6. The molecule has 0 aliphatic heterocycles. The summed E-state index contributed by atoms with van der Waals surface area (Å²) in [5.41, 5.74) is 0.620. The Kier molecular flexibility index (Phi) is 5.61. The van der Waals surface area contributed by atoms with E-state index in [4.69, 9.17) is 0 Å². The van der Waals surface area contributed by atoms with E-state index in [-0.39, 0.29) is 5.92 Å². The van der Waals surface area contributed by atoms with Crippen molar-refractivity contribution < 1.29 is 14.7 Å². The van der Waals surface area contributed by atoms with Crippen LogP contribution in [-0.4, -0.2) is 23.1 Å². The third-order valence-corrected chi connectivity index (χ3v) is 4.25. The first-order chi connectivity index (χ1) is 10.1. The lowest BCUT2D eigenvalue weighted by Crippen LogP contribution is -2.48. The Morgan fingerprint density at radius 2 is 1.95 bits per heavy atom. The standard InChI is InChI=1S/C15H19BrN2O3/c16-11-7-4-8-12(9-11)17-15(21)18-13(14(19)20)10-5-2-1-3-6-10/h4,7-10,13H,1-3,5-6H2,(H,19,20)(H2,17,18,21). The number of halogens is 1. The Bertz CT molecular complexity index is 515. The molecule has 21 heavy (non-hydrogen) atoms. The first-order valence-corrected chi connectivity index (χ1v) is 7.91. The van der Waals surface area contributed by atoms with Crippen molar-refractivity contribution in [2.75, 3.05) is 5.32 Å². The highest BCUT2D eigenvalue weighted by molar-refractivity contribution is 9.10. The largest absolute Gasteiger partial charge is 0.480 e. The molecule has 1 atom stereocenters. The van der Waals surface area contributed by atoms with Gasteiger partial charge in [0, 0.05) is 10.2 Å². The van der Waals surface area contributed by atoms with E-state index in [0.717, 1.165) is 36.6 Å². The van der Waals surface area contributed by atoms with E-state index in [9.17, 15) is 14.7 Å². The van der Waals surface area contributed by atoms with Gasteiger partial charge in [0.1, 0.15) is 6.04 Å². The molecule has 1 aromatic carbocycles. The summed E-state index contributed by atoms with van der Waals surface area (Å²) in [4.78, 5) is 23.4. The van der Waals surface area contributed by atoms with Crippen molar-refractivity contribution in [3.63, 3.8) is 0 Å². The predicted molar refractivity (Wildman–Crippen MR) is 84.3 cm³/mol. The van der Waals surface area contributed by atoms with Crippen molar-refractivity contribution in [2.24, 2.45) is 5.92 Å². The van der Waals surface area contributed by atoms with Crippen LogP contribution in [0, 0.1) is 5.92 Å². The monoisotopic (exact) mass is 354 g/mol. The van der Waals surface area contributed by atoms with E-state index < -0.39 is 18.0 Å². The van der Waals surface area contributed by atoms with Gasteiger partial charge in [-0.1, -0.05) is 41.3 Å². The highest BCUT2D eigenvalue weighted by atomic mass is 79.9. The van der Waals surface area contributed by atoms with Crippen LogP contribution in [0.15, 0.2) is 28.7 Å². The Labute approximate surface area is 132 Å². The molecule has 0 heterocycles. The smallest absolute Gasteiger partial charge is 0.326 e. The molecule has 5 nitrogen and oxygen atoms in total. The van der Waals surface area contributed by atoms with E-state index in [1.807, 2.05) is 6.07 Å². The minimum Gasteiger partial charge on any atom is -0.480 e. The van der Waals surface area contributed by atoms with E-state index in [1.54, 1.807) is 18.2 Å². The molecule has 1 aromatic rings. The first kappa shape index (κ1) is 15.8. The van der Waals surface area contributed by atoms with Crippen LogP contribution < -0.4 is 10.6 Å². The molecule has 1 aliphatic carbocycles. The maximum absolute atomic E-state index is 12.0. The maximum atomic E-state index is 12.0. The molecule has 2 amide bonds. The molecule has 0 aromatic heterocycles. The molecule has 1 aliphatic rings. The molecule has 0 spiro atoms. The number of carboxylic acids is 1. The average molecular weight is 355 g/mol. The number of carbonyl (C=O) groups is 2. The predicted octanol–water partition coefficient (Wildman–Crippen LogP) is 3.60. The summed E-state index contributed by atoms with van der Waals surface area (Å²) in [7, 11) is 0. The third-order valence-electron chi connectivity index (χ3n) is 3.76. The molecule has 0 bridgehead atoms. The number of urea groups is 1. The number of aliphatic carboxylic acids is 1. The number of benzene rings is 1. The lowest BCUT2D eigenvalue weighted by Gasteiger charge is -2.28. The molecule has 2 rings (SSSR count). The van der Waals surface area contributed by atoms with Crippen LogP contribution >= 0.6 is 15.9 Å². The maximum Gasteiger partial charge on any atom is 0.326 e. The summed E-state index contributed by atoms with van der Waals surface area (Å²) < 4.78 is 0.849. The van der Waals surface area contributed by atoms with Gasteiger partial charge in [-0.15, -0.1) is 0 Å². The normalized spacial score (nSPS) is 17.0. The number of rotatable bonds is 4. The van der Waals surface area contributed by atoms with Crippen LogP contribution in [-0.2, 0) is 4.79 Å². The number of carboxylic acid groups (broad SMARTS) is 1. The van der Waals surface area contributed by atoms with Crippen molar-refractivity contribution >= 4 is 33.6 Å². The van der Waals surface area contributed by atoms with E-state index in [0.29, 0.717) is 5.69 Å². The second kappa shape index (κ2) is 7.45. The minimum absolute atomic E-state index is 0.0181. The van der Waals surface area contributed by atoms with Gasteiger partial charge < -0.3 is 15.7 Å². The number of amides is 2. The van der Waals surface area contributed by atoms with Gasteiger partial charge in [-0.2, -0.15) is 0 Å². The van der Waals surface area contributed by atoms with Crippen LogP contribution in [0.1, 0.15) is 32.1 Å². The fourth-order valence-electron chi connectivity index (χ4n) is 2.72. The van der Waals surface area contributed by atoms with Gasteiger partial charge in [0.15, 0.2) is 0 Å². The number of hydrogen-bond donors (Lipinski definition) is 3. The van der Waals surface area contributed by atoms with Crippen molar-refractivity contribution in [1.29, 1.82) is 0 Å². The van der Waals surface area contributed by atoms with Crippen LogP contribution in [0.2, 0.25) is 0 Å². The van der Waals surface area contributed by atoms with Crippen LogP contribution in [0.4, 0.5) is 10.5 Å². The van der Waals surface area contributed by atoms with Crippen molar-refractivity contribution in [3.8, 4) is 0 Å². The molecule has 114 valence electrons. The minimum atomic E-state index is -0.966. The van der Waals surface area contributed by atoms with Gasteiger partial charge in [-0.05, 0) is 37.0 Å². The van der Waals surface area contributed by atoms with E-state index in [1.165, 1.54) is 0 Å². The number of hydrogen-bond acceptors (Lipinski definition) is 2. The van der Waals surface area contributed by atoms with E-state index >= 15 is 0 Å². The molecule has 1 saturated carbocycles. The Hall–Kier alpha value is -1.56. The summed E-state index contributed by atoms with van der Waals surface area (Å²) >= 11 is 3.32. The number of carbonyl (C=O) groups excluding carboxylic acids is 1. The highest BCUT2D eigenvalue weighted by Crippen LogP contribution is 2.26. The summed E-state index contributed by atoms with van der Waals surface area (Å²) in [6.07, 6.45) is 4.92. The summed E-state index contributed by atoms with van der Waals surface area (Å²) in [5.74, 6) is -0.948. The van der Waals surface area contributed by atoms with Gasteiger partial charge in [-0.3, -0.25) is 0 Å². The second-order valence-corrected chi connectivity index (χ2v) is 6.24. The van der Waals surface area contributed by atoms with Crippen LogP contribution in [0.5, 0.6) is 0 Å². The molecular weight excluding hydrogens is 336 g/mol. The fraction of sp³-hybridized carbons (Fsp3) is 0.467. The average Bonchev–Trinajstić information content (AvgIpc) is 2.45. The lowest BCUT2D eigenvalue weighted by atomic mass is 9.84. The molecular formula is C15H19BrN2O3. The van der Waals surface area contributed by atoms with Gasteiger partial charge in [0.05, 0.1) is 0 Å². The molecule has 0 saturated heterocycles. The van der Waals surface area contributed by atoms with Gasteiger partial charge in [0.25, 0.3) is 0 Å². The second-order valence-electron chi connectivity index (χ2n) is 5.32. The SMILES string of the molecule is O=C(Nc1cccc(Br)c1)NC(C(=O)O)C1CCCCC1. The molecule has 1 unspecified atom stereocenters. The summed E-state index contributed by atoms with van der Waals surface area (Å²) in [6.45, 7) is 0. The van der Waals surface area contributed by atoms with Gasteiger partial charge >= 0.3 is 12.0 Å². The number of anilines is 1. The fourth-order valence-corrected chi connectivity index (χ4v) is 3.12. The van der Waals surface area contributed by atoms with Crippen LogP contribution in [0.25, 0.3) is 0 Å². The number of nitrogens with one attached hydrogen (secondary N) is 2. The van der Waals surface area contributed by atoms with Crippen molar-refractivity contribution in [3.05, 3.63) is 28.7 Å². The molecule has 6 heteroatoms. The molecule has 0 radical (unpaired) electrons. The molecule has 3 N–H and O–H groups in total. The Balaban J connectivity index is 1.96. The van der Waals surface area contributed by atoms with Crippen molar-refractivity contribution in [2.45, 2.75) is 38.1 Å². The Morgan fingerprint density at radius 1 is 1.24 bits per heavy atom. The third kappa shape index (κ3) is 4.74. The van der Waals surface area contributed by atoms with Crippen LogP contribution in [0.3, 0.4) is 0 Å². The zero-order valence-electron chi connectivity index (χ0n) is 11.6. The van der Waals surface area contributed by atoms with Gasteiger partial charge in [0.2, 0.25) is 0 Å². The highest BCUT2D eigenvalue weighted by Gasteiger charge is 2.30. The quantitative estimate of drug-likeness (QED) is 0.772. The lowest BCUT2D eigenvalue weighted by molar-refractivity contribution is -0.141. The molecule has 1 fully saturated rings. The van der Waals surface area contributed by atoms with Crippen molar-refractivity contribution in [1.82, 2.24) is 5.32 Å².